The van der Waals surface area contributed by atoms with Crippen molar-refractivity contribution < 1.29 is 9.53 Å². The summed E-state index contributed by atoms with van der Waals surface area (Å²) < 4.78 is 7.47. The minimum atomic E-state index is -0.660. The molecule has 140 valence electrons. The molecule has 0 saturated heterocycles. The molecule has 0 fully saturated rings. The third-order valence-corrected chi connectivity index (χ3v) is 4.44. The van der Waals surface area contributed by atoms with Crippen LogP contribution in [-0.2, 0) is 17.9 Å². The second-order valence-electron chi connectivity index (χ2n) is 6.27. The number of amides is 1. The number of ether oxygens (including phenoxy) is 1. The average molecular weight is 385 g/mol. The average Bonchev–Trinajstić information content (AvgIpc) is 3.16. The third kappa shape index (κ3) is 5.08. The van der Waals surface area contributed by atoms with Crippen LogP contribution in [0.5, 0.6) is 5.75 Å². The van der Waals surface area contributed by atoms with Gasteiger partial charge in [0.1, 0.15) is 18.4 Å². The highest BCUT2D eigenvalue weighted by molar-refractivity contribution is 6.32. The zero-order valence-electron chi connectivity index (χ0n) is 15.2. The van der Waals surface area contributed by atoms with Crippen LogP contribution in [0.1, 0.15) is 23.6 Å². The van der Waals surface area contributed by atoms with Gasteiger partial charge in [-0.1, -0.05) is 41.9 Å². The van der Waals surface area contributed by atoms with Crippen molar-refractivity contribution in [1.82, 2.24) is 20.1 Å². The Morgan fingerprint density at radius 1 is 1.26 bits per heavy atom. The molecular weight excluding hydrogens is 364 g/mol. The van der Waals surface area contributed by atoms with E-state index in [4.69, 9.17) is 16.3 Å². The molecule has 0 radical (unpaired) electrons. The van der Waals surface area contributed by atoms with Crippen LogP contribution in [0.3, 0.4) is 0 Å². The number of carbonyl (C=O) groups is 1. The topological polar surface area (TPSA) is 69.0 Å². The van der Waals surface area contributed by atoms with Gasteiger partial charge < -0.3 is 10.1 Å². The van der Waals surface area contributed by atoms with Crippen molar-refractivity contribution in [2.45, 2.75) is 33.0 Å². The first-order valence-electron chi connectivity index (χ1n) is 8.62. The van der Waals surface area contributed by atoms with E-state index in [0.717, 1.165) is 16.7 Å². The lowest BCUT2D eigenvalue weighted by atomic mass is 10.1. The predicted molar refractivity (Wildman–Crippen MR) is 104 cm³/mol. The predicted octanol–water partition coefficient (Wildman–Crippen LogP) is 3.37. The quantitative estimate of drug-likeness (QED) is 0.678. The molecule has 0 spiro atoms. The van der Waals surface area contributed by atoms with Gasteiger partial charge in [-0.15, -0.1) is 0 Å². The van der Waals surface area contributed by atoms with Crippen molar-refractivity contribution in [3.05, 3.63) is 76.8 Å². The van der Waals surface area contributed by atoms with Crippen LogP contribution in [0.2, 0.25) is 5.02 Å². The lowest BCUT2D eigenvalue weighted by Crippen LogP contribution is -2.36. The molecule has 0 aliphatic carbocycles. The molecule has 2 aromatic carbocycles. The lowest BCUT2D eigenvalue weighted by molar-refractivity contribution is -0.127. The van der Waals surface area contributed by atoms with Crippen LogP contribution in [0.25, 0.3) is 0 Å². The maximum absolute atomic E-state index is 12.4. The number of nitrogens with zero attached hydrogens (tertiary/aromatic N) is 3. The molecule has 0 saturated carbocycles. The molecule has 0 aliphatic rings. The Balaban J connectivity index is 1.61. The van der Waals surface area contributed by atoms with Crippen molar-refractivity contribution in [2.75, 3.05) is 0 Å². The van der Waals surface area contributed by atoms with E-state index >= 15 is 0 Å². The van der Waals surface area contributed by atoms with Gasteiger partial charge in [0.15, 0.2) is 6.10 Å². The van der Waals surface area contributed by atoms with Crippen molar-refractivity contribution in [1.29, 1.82) is 0 Å². The highest BCUT2D eigenvalue weighted by Gasteiger charge is 2.16. The second-order valence-corrected chi connectivity index (χ2v) is 6.68. The number of nitrogens with one attached hydrogen (secondary N) is 1. The number of benzene rings is 2. The number of aryl methyl sites for hydroxylation is 1. The van der Waals surface area contributed by atoms with Gasteiger partial charge in [0.2, 0.25) is 0 Å². The summed E-state index contributed by atoms with van der Waals surface area (Å²) in [6.07, 6.45) is 2.50. The number of hydrogen-bond acceptors (Lipinski definition) is 4. The van der Waals surface area contributed by atoms with E-state index in [1.54, 1.807) is 24.0 Å². The molecule has 1 aromatic heterocycles. The van der Waals surface area contributed by atoms with Gasteiger partial charge in [-0.2, -0.15) is 5.10 Å². The monoisotopic (exact) mass is 384 g/mol. The first kappa shape index (κ1) is 18.9. The first-order chi connectivity index (χ1) is 13.0. The number of halogens is 1. The largest absolute Gasteiger partial charge is 0.479 e. The Labute approximate surface area is 163 Å². The van der Waals surface area contributed by atoms with Crippen LogP contribution in [-0.4, -0.2) is 26.8 Å². The Hall–Kier alpha value is -2.86. The molecule has 3 aromatic rings. The maximum Gasteiger partial charge on any atom is 0.261 e. The standard InChI is InChI=1S/C20H21ClN4O2/c1-14-7-8-18(21)19(9-14)27-15(2)20(26)23-10-16-5-3-4-6-17(16)11-25-13-22-12-24-25/h3-9,12-13,15H,10-11H2,1-2H3,(H,23,26)/t15-/m0/s1. The fourth-order valence-electron chi connectivity index (χ4n) is 2.64. The van der Waals surface area contributed by atoms with Crippen molar-refractivity contribution in [3.63, 3.8) is 0 Å². The van der Waals surface area contributed by atoms with Gasteiger partial charge in [0, 0.05) is 6.54 Å². The number of aromatic nitrogens is 3. The maximum atomic E-state index is 12.4. The molecule has 1 heterocycles. The van der Waals surface area contributed by atoms with Crippen LogP contribution in [0.15, 0.2) is 55.1 Å². The summed E-state index contributed by atoms with van der Waals surface area (Å²) in [5, 5.41) is 7.53. The van der Waals surface area contributed by atoms with Gasteiger partial charge in [-0.3, -0.25) is 4.79 Å². The Kier molecular flexibility index (Phi) is 6.08. The van der Waals surface area contributed by atoms with Crippen molar-refractivity contribution in [2.24, 2.45) is 0 Å². The Bertz CT molecular complexity index is 912. The summed E-state index contributed by atoms with van der Waals surface area (Å²) in [6.45, 7) is 4.64. The number of rotatable bonds is 7. The normalized spacial score (nSPS) is 11.8. The van der Waals surface area contributed by atoms with E-state index in [1.165, 1.54) is 6.33 Å². The van der Waals surface area contributed by atoms with E-state index in [-0.39, 0.29) is 5.91 Å². The highest BCUT2D eigenvalue weighted by atomic mass is 35.5. The van der Waals surface area contributed by atoms with E-state index in [1.807, 2.05) is 43.3 Å². The molecular formula is C20H21ClN4O2. The zero-order valence-corrected chi connectivity index (χ0v) is 16.0. The molecule has 1 atom stereocenters. The number of hydrogen-bond donors (Lipinski definition) is 1. The minimum absolute atomic E-state index is 0.205. The van der Waals surface area contributed by atoms with E-state index < -0.39 is 6.10 Å². The number of carbonyl (C=O) groups excluding carboxylic acids is 1. The van der Waals surface area contributed by atoms with Gasteiger partial charge in [0.05, 0.1) is 11.6 Å². The summed E-state index contributed by atoms with van der Waals surface area (Å²) in [4.78, 5) is 16.4. The van der Waals surface area contributed by atoms with E-state index in [0.29, 0.717) is 23.9 Å². The van der Waals surface area contributed by atoms with Crippen LogP contribution < -0.4 is 10.1 Å². The molecule has 0 unspecified atom stereocenters. The Morgan fingerprint density at radius 3 is 2.78 bits per heavy atom. The Morgan fingerprint density at radius 2 is 2.04 bits per heavy atom. The molecule has 3 rings (SSSR count). The van der Waals surface area contributed by atoms with Crippen molar-refractivity contribution >= 4 is 17.5 Å². The summed E-state index contributed by atoms with van der Waals surface area (Å²) in [5.74, 6) is 0.300. The summed E-state index contributed by atoms with van der Waals surface area (Å²) in [5.41, 5.74) is 3.10. The molecule has 0 bridgehead atoms. The van der Waals surface area contributed by atoms with E-state index in [9.17, 15) is 4.79 Å². The highest BCUT2D eigenvalue weighted by Crippen LogP contribution is 2.26. The van der Waals surface area contributed by atoms with Gasteiger partial charge in [-0.05, 0) is 42.7 Å². The fourth-order valence-corrected chi connectivity index (χ4v) is 2.81. The molecule has 6 nitrogen and oxygen atoms in total. The molecule has 1 N–H and O–H groups in total. The molecule has 1 amide bonds. The smallest absolute Gasteiger partial charge is 0.261 e. The van der Waals surface area contributed by atoms with Gasteiger partial charge >= 0.3 is 0 Å². The van der Waals surface area contributed by atoms with Crippen LogP contribution in [0.4, 0.5) is 0 Å². The zero-order chi connectivity index (χ0) is 19.2. The summed E-state index contributed by atoms with van der Waals surface area (Å²) in [6, 6.07) is 13.4. The second kappa shape index (κ2) is 8.68. The van der Waals surface area contributed by atoms with Crippen molar-refractivity contribution in [3.8, 4) is 5.75 Å². The fraction of sp³-hybridized carbons (Fsp3) is 0.250. The third-order valence-electron chi connectivity index (χ3n) is 4.13. The molecule has 0 aliphatic heterocycles. The summed E-state index contributed by atoms with van der Waals surface area (Å²) in [7, 11) is 0. The van der Waals surface area contributed by atoms with Gasteiger partial charge in [-0.25, -0.2) is 9.67 Å². The van der Waals surface area contributed by atoms with Crippen LogP contribution >= 0.6 is 11.6 Å². The minimum Gasteiger partial charge on any atom is -0.479 e. The lowest BCUT2D eigenvalue weighted by Gasteiger charge is -2.17. The van der Waals surface area contributed by atoms with E-state index in [2.05, 4.69) is 15.4 Å². The first-order valence-corrected chi connectivity index (χ1v) is 9.00. The van der Waals surface area contributed by atoms with Gasteiger partial charge in [0.25, 0.3) is 5.91 Å². The molecule has 7 heteroatoms. The molecule has 27 heavy (non-hydrogen) atoms. The SMILES string of the molecule is Cc1ccc(Cl)c(O[C@@H](C)C(=O)NCc2ccccc2Cn2cncn2)c1. The summed E-state index contributed by atoms with van der Waals surface area (Å²) >= 11 is 6.14. The van der Waals surface area contributed by atoms with Crippen LogP contribution in [0, 0.1) is 6.92 Å².